The number of anilines is 1. The number of carbonyl (C=O) groups excluding carboxylic acids is 3. The topological polar surface area (TPSA) is 182 Å². The van der Waals surface area contributed by atoms with Crippen LogP contribution in [0.1, 0.15) is 44.2 Å². The number of nitrogens with one attached hydrogen (secondary N) is 1. The van der Waals surface area contributed by atoms with Crippen LogP contribution in [-0.4, -0.2) is 56.9 Å². The number of benzene rings is 3. The summed E-state index contributed by atoms with van der Waals surface area (Å²) in [6, 6.07) is 24.3. The van der Waals surface area contributed by atoms with E-state index < -0.39 is 59.0 Å². The first-order chi connectivity index (χ1) is 22.2. The predicted octanol–water partition coefficient (Wildman–Crippen LogP) is 3.32. The Morgan fingerprint density at radius 1 is 0.891 bits per heavy atom. The first-order valence-electron chi connectivity index (χ1n) is 14.0. The highest BCUT2D eigenvalue weighted by atomic mass is 32.1. The Morgan fingerprint density at radius 2 is 1.43 bits per heavy atom. The second-order valence-corrected chi connectivity index (χ2v) is 11.4. The zero-order chi connectivity index (χ0) is 32.4. The number of hydrogen-bond donors (Lipinski definition) is 2. The third-order valence-corrected chi connectivity index (χ3v) is 8.32. The van der Waals surface area contributed by atoms with Gasteiger partial charge in [0.2, 0.25) is 5.95 Å². The predicted molar refractivity (Wildman–Crippen MR) is 165 cm³/mol. The molecule has 1 fully saturated rings. The van der Waals surface area contributed by atoms with Crippen molar-refractivity contribution in [2.75, 3.05) is 12.3 Å². The molecule has 234 valence electrons. The molecule has 4 atom stereocenters. The number of H-pyrrole nitrogens is 1. The van der Waals surface area contributed by atoms with Crippen molar-refractivity contribution in [2.45, 2.75) is 31.0 Å². The van der Waals surface area contributed by atoms with Gasteiger partial charge in [-0.25, -0.2) is 14.4 Å². The summed E-state index contributed by atoms with van der Waals surface area (Å²) in [7, 11) is 0. The van der Waals surface area contributed by atoms with Crippen molar-refractivity contribution in [3.8, 4) is 0 Å². The Morgan fingerprint density at radius 3 is 2.02 bits per heavy atom. The van der Waals surface area contributed by atoms with Crippen LogP contribution < -0.4 is 16.2 Å². The zero-order valence-electron chi connectivity index (χ0n) is 24.2. The summed E-state index contributed by atoms with van der Waals surface area (Å²) in [6.45, 7) is 0.954. The third-order valence-electron chi connectivity index (χ3n) is 7.38. The van der Waals surface area contributed by atoms with E-state index >= 15 is 0 Å². The van der Waals surface area contributed by atoms with E-state index in [0.717, 1.165) is 4.57 Å². The van der Waals surface area contributed by atoms with E-state index in [4.69, 9.17) is 24.7 Å². The number of ether oxygens (including phenoxy) is 4. The van der Waals surface area contributed by atoms with Gasteiger partial charge in [-0.15, -0.1) is 0 Å². The lowest BCUT2D eigenvalue weighted by atomic mass is 9.95. The van der Waals surface area contributed by atoms with Gasteiger partial charge >= 0.3 is 22.8 Å². The summed E-state index contributed by atoms with van der Waals surface area (Å²) in [5, 5.41) is 0. The molecule has 0 saturated carbocycles. The van der Waals surface area contributed by atoms with Gasteiger partial charge in [0, 0.05) is 0 Å². The number of hydrogen-bond acceptors (Lipinski definition) is 12. The average Bonchev–Trinajstić information content (AvgIpc) is 3.52. The largest absolute Gasteiger partial charge is 0.459 e. The van der Waals surface area contributed by atoms with Crippen molar-refractivity contribution in [1.82, 2.24) is 14.5 Å². The fourth-order valence-electron chi connectivity index (χ4n) is 5.19. The third kappa shape index (κ3) is 5.78. The number of nitrogens with zero attached hydrogens (tertiary/aromatic N) is 2. The van der Waals surface area contributed by atoms with Gasteiger partial charge in [-0.05, 0) is 43.3 Å². The second-order valence-electron chi connectivity index (χ2n) is 10.5. The standard InChI is InChI=1S/C32H26N4O9S/c1-32(45-28(40)20-15-9-4-10-16-20)23(44-27(39)19-13-7-3-8-14-19)21(17-42-26(38)18-11-5-2-6-12-18)43-29(32)36-24-22(46-31(36)41)25(37)35-30(33)34-24/h2-16,21,23,29H,17H2,1H3,(H3,33,34,35,37)/t21-,23-,29-,32-/m1/s1. The average molecular weight is 643 g/mol. The molecular formula is C32H26N4O9S. The molecule has 46 heavy (non-hydrogen) atoms. The molecule has 3 aromatic carbocycles. The number of carbonyl (C=O) groups is 3. The number of nitrogen functional groups attached to an aromatic ring is 1. The van der Waals surface area contributed by atoms with Gasteiger partial charge in [-0.3, -0.25) is 19.1 Å². The van der Waals surface area contributed by atoms with Crippen LogP contribution in [0.4, 0.5) is 5.95 Å². The molecule has 6 rings (SSSR count). The normalized spacial score (nSPS) is 20.7. The highest BCUT2D eigenvalue weighted by Gasteiger charge is 2.61. The monoisotopic (exact) mass is 642 g/mol. The van der Waals surface area contributed by atoms with Gasteiger partial charge in [0.15, 0.2) is 23.6 Å². The summed E-state index contributed by atoms with van der Waals surface area (Å²) < 4.78 is 24.9. The molecule has 2 aromatic heterocycles. The molecule has 3 heterocycles. The van der Waals surface area contributed by atoms with Gasteiger partial charge in [0.25, 0.3) is 5.56 Å². The molecule has 1 aliphatic heterocycles. The van der Waals surface area contributed by atoms with Crippen LogP contribution in [0.2, 0.25) is 0 Å². The van der Waals surface area contributed by atoms with Crippen LogP contribution in [0, 0.1) is 0 Å². The molecule has 0 amide bonds. The van der Waals surface area contributed by atoms with E-state index in [0.29, 0.717) is 11.3 Å². The van der Waals surface area contributed by atoms with Crippen molar-refractivity contribution in [2.24, 2.45) is 0 Å². The number of fused-ring (bicyclic) bond motifs is 1. The Bertz CT molecular complexity index is 2030. The lowest BCUT2D eigenvalue weighted by Gasteiger charge is -2.34. The van der Waals surface area contributed by atoms with Crippen LogP contribution in [0.3, 0.4) is 0 Å². The van der Waals surface area contributed by atoms with Crippen LogP contribution >= 0.6 is 11.3 Å². The number of aromatic nitrogens is 3. The molecule has 1 saturated heterocycles. The summed E-state index contributed by atoms with van der Waals surface area (Å²) in [6.07, 6.45) is -4.23. The molecular weight excluding hydrogens is 616 g/mol. The number of nitrogens with two attached hydrogens (primary N) is 1. The quantitative estimate of drug-likeness (QED) is 0.187. The molecule has 0 spiro atoms. The van der Waals surface area contributed by atoms with Crippen molar-refractivity contribution in [3.63, 3.8) is 0 Å². The Balaban J connectivity index is 1.46. The van der Waals surface area contributed by atoms with Crippen LogP contribution in [0.5, 0.6) is 0 Å². The van der Waals surface area contributed by atoms with E-state index in [-0.39, 0.29) is 33.0 Å². The zero-order valence-corrected chi connectivity index (χ0v) is 25.0. The van der Waals surface area contributed by atoms with E-state index in [2.05, 4.69) is 9.97 Å². The van der Waals surface area contributed by atoms with Crippen molar-refractivity contribution in [1.29, 1.82) is 0 Å². The fourth-order valence-corrected chi connectivity index (χ4v) is 6.02. The number of rotatable bonds is 8. The summed E-state index contributed by atoms with van der Waals surface area (Å²) in [5.41, 5.74) is 3.67. The van der Waals surface area contributed by atoms with Crippen LogP contribution in [0.25, 0.3) is 10.3 Å². The van der Waals surface area contributed by atoms with Crippen molar-refractivity contribution in [3.05, 3.63) is 128 Å². The fraction of sp³-hybridized carbons (Fsp3) is 0.188. The Kier molecular flexibility index (Phi) is 8.21. The summed E-state index contributed by atoms with van der Waals surface area (Å²) >= 11 is 0.578. The maximum absolute atomic E-state index is 13.6. The molecule has 0 unspecified atom stereocenters. The SMILES string of the molecule is C[C@@]1(OC(=O)c2ccccc2)[C@H](OC(=O)c2ccccc2)[C@@H](COC(=O)c2ccccc2)O[C@H]1n1c(=O)sc2c(=O)[nH]c(N)nc21. The maximum atomic E-state index is 13.6. The second kappa shape index (κ2) is 12.4. The molecule has 1 aliphatic rings. The lowest BCUT2D eigenvalue weighted by Crippen LogP contribution is -2.51. The van der Waals surface area contributed by atoms with E-state index in [1.54, 1.807) is 66.7 Å². The van der Waals surface area contributed by atoms with E-state index in [9.17, 15) is 24.0 Å². The molecule has 0 bridgehead atoms. The van der Waals surface area contributed by atoms with E-state index in [1.165, 1.54) is 31.2 Å². The first-order valence-corrected chi connectivity index (χ1v) is 14.8. The van der Waals surface area contributed by atoms with Crippen LogP contribution in [-0.2, 0) is 18.9 Å². The number of thiazole rings is 1. The number of aromatic amines is 1. The van der Waals surface area contributed by atoms with Gasteiger partial charge in [-0.2, -0.15) is 4.98 Å². The Labute approximate surface area is 264 Å². The minimum absolute atomic E-state index is 0.0590. The summed E-state index contributed by atoms with van der Waals surface area (Å²) in [5.74, 6) is -2.58. The summed E-state index contributed by atoms with van der Waals surface area (Å²) in [4.78, 5) is 71.9. The molecule has 5 aromatic rings. The Hall–Kier alpha value is -5.60. The van der Waals surface area contributed by atoms with Crippen molar-refractivity contribution >= 4 is 45.5 Å². The minimum Gasteiger partial charge on any atom is -0.459 e. The first kappa shape index (κ1) is 30.4. The smallest absolute Gasteiger partial charge is 0.338 e. The van der Waals surface area contributed by atoms with E-state index in [1.807, 2.05) is 0 Å². The lowest BCUT2D eigenvalue weighted by molar-refractivity contribution is -0.109. The molecule has 14 heteroatoms. The highest BCUT2D eigenvalue weighted by molar-refractivity contribution is 7.16. The van der Waals surface area contributed by atoms with Gasteiger partial charge < -0.3 is 24.7 Å². The van der Waals surface area contributed by atoms with Gasteiger partial charge in [0.1, 0.15) is 17.4 Å². The van der Waals surface area contributed by atoms with Crippen LogP contribution in [0.15, 0.2) is 101 Å². The molecule has 13 nitrogen and oxygen atoms in total. The minimum atomic E-state index is -1.95. The molecule has 0 radical (unpaired) electrons. The highest BCUT2D eigenvalue weighted by Crippen LogP contribution is 2.44. The molecule has 3 N–H and O–H groups in total. The van der Waals surface area contributed by atoms with Gasteiger partial charge in [-0.1, -0.05) is 65.9 Å². The maximum Gasteiger partial charge on any atom is 0.338 e. The van der Waals surface area contributed by atoms with Gasteiger partial charge in [0.05, 0.1) is 16.7 Å². The van der Waals surface area contributed by atoms with Crippen molar-refractivity contribution < 1.29 is 33.3 Å². The molecule has 0 aliphatic carbocycles. The number of esters is 3.